The number of carbonyl (C=O) groups excluding carboxylic acids is 1. The second-order valence-corrected chi connectivity index (χ2v) is 6.31. The molecular weight excluding hydrogens is 338 g/mol. The number of rotatable bonds is 4. The first-order valence-electron chi connectivity index (χ1n) is 8.63. The van der Waals surface area contributed by atoms with Crippen LogP contribution in [0.2, 0.25) is 0 Å². The van der Waals surface area contributed by atoms with Gasteiger partial charge in [0.2, 0.25) is 11.8 Å². The maximum Gasteiger partial charge on any atom is 0.221 e. The van der Waals surface area contributed by atoms with E-state index in [4.69, 9.17) is 4.74 Å². The molecule has 5 nitrogen and oxygen atoms in total. The van der Waals surface area contributed by atoms with Crippen molar-refractivity contribution in [1.82, 2.24) is 9.97 Å². The summed E-state index contributed by atoms with van der Waals surface area (Å²) < 4.78 is 5.14. The second kappa shape index (κ2) is 6.96. The lowest BCUT2D eigenvalue weighted by Crippen LogP contribution is -2.06. The van der Waals surface area contributed by atoms with Crippen LogP contribution in [0.5, 0.6) is 5.88 Å². The predicted molar refractivity (Wildman–Crippen MR) is 108 cm³/mol. The van der Waals surface area contributed by atoms with Crippen molar-refractivity contribution in [2.24, 2.45) is 0 Å². The topological polar surface area (TPSA) is 67.0 Å². The van der Waals surface area contributed by atoms with Gasteiger partial charge in [-0.2, -0.15) is 0 Å². The Balaban J connectivity index is 1.88. The summed E-state index contributed by atoms with van der Waals surface area (Å²) in [5, 5.41) is 4.03. The van der Waals surface area contributed by atoms with Gasteiger partial charge in [0.25, 0.3) is 0 Å². The lowest BCUT2D eigenvalue weighted by atomic mass is 9.96. The number of hydrogen-bond acceptors (Lipinski definition) is 3. The highest BCUT2D eigenvalue weighted by Gasteiger charge is 2.10. The van der Waals surface area contributed by atoms with E-state index in [1.54, 1.807) is 13.3 Å². The van der Waals surface area contributed by atoms with Crippen LogP contribution >= 0.6 is 0 Å². The Hall–Kier alpha value is -3.60. The minimum atomic E-state index is -0.106. The summed E-state index contributed by atoms with van der Waals surface area (Å²) >= 11 is 0. The highest BCUT2D eigenvalue weighted by Crippen LogP contribution is 2.34. The number of pyridine rings is 1. The largest absolute Gasteiger partial charge is 0.481 e. The van der Waals surface area contributed by atoms with Crippen LogP contribution in [0, 0.1) is 0 Å². The van der Waals surface area contributed by atoms with Crippen molar-refractivity contribution in [3.63, 3.8) is 0 Å². The molecular formula is C22H19N3O2. The zero-order chi connectivity index (χ0) is 18.8. The van der Waals surface area contributed by atoms with E-state index in [2.05, 4.69) is 33.5 Å². The Morgan fingerprint density at radius 3 is 2.63 bits per heavy atom. The standard InChI is InChI=1S/C22H19N3O2/c1-14(26)25-18-11-16(15-6-7-22(27-2)24-13-15)10-17(12-18)19-4-3-5-21-20(19)8-9-23-21/h3-13,23H,1-2H3,(H,25,26). The monoisotopic (exact) mass is 357 g/mol. The van der Waals surface area contributed by atoms with Gasteiger partial charge in [0.1, 0.15) is 0 Å². The van der Waals surface area contributed by atoms with Crippen LogP contribution in [0.15, 0.2) is 67.0 Å². The van der Waals surface area contributed by atoms with Crippen LogP contribution in [-0.4, -0.2) is 23.0 Å². The number of amides is 1. The fourth-order valence-electron chi connectivity index (χ4n) is 3.23. The summed E-state index contributed by atoms with van der Waals surface area (Å²) in [7, 11) is 1.59. The molecule has 2 aromatic heterocycles. The van der Waals surface area contributed by atoms with Crippen molar-refractivity contribution in [1.29, 1.82) is 0 Å². The lowest BCUT2D eigenvalue weighted by Gasteiger charge is -2.12. The fraction of sp³-hybridized carbons (Fsp3) is 0.0909. The van der Waals surface area contributed by atoms with E-state index < -0.39 is 0 Å². The van der Waals surface area contributed by atoms with Gasteiger partial charge in [0.15, 0.2) is 0 Å². The van der Waals surface area contributed by atoms with Gasteiger partial charge >= 0.3 is 0 Å². The number of H-pyrrole nitrogens is 1. The number of fused-ring (bicyclic) bond motifs is 1. The number of hydrogen-bond donors (Lipinski definition) is 2. The molecule has 1 amide bonds. The lowest BCUT2D eigenvalue weighted by molar-refractivity contribution is -0.114. The Morgan fingerprint density at radius 2 is 1.89 bits per heavy atom. The number of methoxy groups -OCH3 is 1. The summed E-state index contributed by atoms with van der Waals surface area (Å²) in [5.74, 6) is 0.458. The van der Waals surface area contributed by atoms with E-state index in [-0.39, 0.29) is 5.91 Å². The maximum atomic E-state index is 11.6. The average molecular weight is 357 g/mol. The smallest absolute Gasteiger partial charge is 0.221 e. The minimum absolute atomic E-state index is 0.106. The molecule has 0 aliphatic rings. The second-order valence-electron chi connectivity index (χ2n) is 6.31. The third-order valence-corrected chi connectivity index (χ3v) is 4.44. The fourth-order valence-corrected chi connectivity index (χ4v) is 3.23. The van der Waals surface area contributed by atoms with Crippen LogP contribution in [0.4, 0.5) is 5.69 Å². The van der Waals surface area contributed by atoms with Crippen molar-refractivity contribution in [3.05, 3.63) is 67.0 Å². The van der Waals surface area contributed by atoms with Gasteiger partial charge in [-0.3, -0.25) is 4.79 Å². The summed E-state index contributed by atoms with van der Waals surface area (Å²) in [5.41, 5.74) is 5.87. The van der Waals surface area contributed by atoms with Crippen molar-refractivity contribution in [2.45, 2.75) is 6.92 Å². The molecule has 4 rings (SSSR count). The summed E-state index contributed by atoms with van der Waals surface area (Å²) in [6.07, 6.45) is 3.70. The molecule has 0 saturated carbocycles. The molecule has 0 atom stereocenters. The summed E-state index contributed by atoms with van der Waals surface area (Å²) in [6.45, 7) is 1.51. The number of nitrogens with zero attached hydrogens (tertiary/aromatic N) is 1. The van der Waals surface area contributed by atoms with Crippen molar-refractivity contribution in [3.8, 4) is 28.1 Å². The van der Waals surface area contributed by atoms with Crippen LogP contribution in [0.25, 0.3) is 33.2 Å². The molecule has 0 aliphatic heterocycles. The molecule has 0 spiro atoms. The van der Waals surface area contributed by atoms with Gasteiger partial charge < -0.3 is 15.0 Å². The SMILES string of the molecule is COc1ccc(-c2cc(NC(C)=O)cc(-c3cccc4[nH]ccc34)c2)cn1. The molecule has 134 valence electrons. The van der Waals surface area contributed by atoms with Crippen LogP contribution in [0.1, 0.15) is 6.92 Å². The summed E-state index contributed by atoms with van der Waals surface area (Å²) in [6, 6.07) is 18.0. The van der Waals surface area contributed by atoms with E-state index in [9.17, 15) is 4.79 Å². The highest BCUT2D eigenvalue weighted by molar-refractivity contribution is 5.98. The normalized spacial score (nSPS) is 10.7. The van der Waals surface area contributed by atoms with Crippen LogP contribution < -0.4 is 10.1 Å². The summed E-state index contributed by atoms with van der Waals surface area (Å²) in [4.78, 5) is 19.2. The highest BCUT2D eigenvalue weighted by atomic mass is 16.5. The van der Waals surface area contributed by atoms with Gasteiger partial charge in [0.05, 0.1) is 7.11 Å². The van der Waals surface area contributed by atoms with Crippen LogP contribution in [0.3, 0.4) is 0 Å². The molecule has 0 unspecified atom stereocenters. The van der Waals surface area contributed by atoms with Gasteiger partial charge in [-0.15, -0.1) is 0 Å². The van der Waals surface area contributed by atoms with E-state index in [1.807, 2.05) is 42.6 Å². The van der Waals surface area contributed by atoms with E-state index in [0.717, 1.165) is 38.8 Å². The van der Waals surface area contributed by atoms with Crippen LogP contribution in [-0.2, 0) is 4.79 Å². The van der Waals surface area contributed by atoms with Gasteiger partial charge in [-0.1, -0.05) is 12.1 Å². The number of nitrogens with one attached hydrogen (secondary N) is 2. The Kier molecular flexibility index (Phi) is 4.34. The molecule has 2 N–H and O–H groups in total. The number of benzene rings is 2. The Bertz CT molecular complexity index is 1110. The molecule has 4 aromatic rings. The minimum Gasteiger partial charge on any atom is -0.481 e. The predicted octanol–water partition coefficient (Wildman–Crippen LogP) is 4.86. The quantitative estimate of drug-likeness (QED) is 0.548. The zero-order valence-corrected chi connectivity index (χ0v) is 15.1. The maximum absolute atomic E-state index is 11.6. The van der Waals surface area contributed by atoms with Gasteiger partial charge in [-0.05, 0) is 53.1 Å². The van der Waals surface area contributed by atoms with Gasteiger partial charge in [0, 0.05) is 47.5 Å². The third kappa shape index (κ3) is 3.40. The molecule has 0 bridgehead atoms. The third-order valence-electron chi connectivity index (χ3n) is 4.44. The van der Waals surface area contributed by atoms with Gasteiger partial charge in [-0.25, -0.2) is 4.98 Å². The molecule has 2 heterocycles. The Morgan fingerprint density at radius 1 is 1.04 bits per heavy atom. The first kappa shape index (κ1) is 16.8. The van der Waals surface area contributed by atoms with Crippen molar-refractivity contribution < 1.29 is 9.53 Å². The molecule has 0 saturated heterocycles. The Labute approximate surface area is 157 Å². The van der Waals surface area contributed by atoms with Crippen molar-refractivity contribution >= 4 is 22.5 Å². The number of aromatic nitrogens is 2. The molecule has 0 fully saturated rings. The molecule has 27 heavy (non-hydrogen) atoms. The number of ether oxygens (including phenoxy) is 1. The van der Waals surface area contributed by atoms with E-state index >= 15 is 0 Å². The average Bonchev–Trinajstić information content (AvgIpc) is 3.16. The number of anilines is 1. The number of aromatic amines is 1. The first-order valence-corrected chi connectivity index (χ1v) is 8.63. The number of carbonyl (C=O) groups is 1. The molecule has 0 radical (unpaired) electrons. The molecule has 0 aliphatic carbocycles. The zero-order valence-electron chi connectivity index (χ0n) is 15.1. The van der Waals surface area contributed by atoms with Crippen molar-refractivity contribution in [2.75, 3.05) is 12.4 Å². The van der Waals surface area contributed by atoms with E-state index in [0.29, 0.717) is 5.88 Å². The molecule has 5 heteroatoms. The first-order chi connectivity index (χ1) is 13.1. The van der Waals surface area contributed by atoms with E-state index in [1.165, 1.54) is 6.92 Å². The molecule has 2 aromatic carbocycles.